The first-order valence-electron chi connectivity index (χ1n) is 6.16. The molecular formula is C12H19N3O4. The number of hydrogen-bond donors (Lipinski definition) is 2. The molecule has 1 aromatic heterocycles. The normalized spacial score (nSPS) is 12.2. The van der Waals surface area contributed by atoms with E-state index in [1.165, 1.54) is 23.7 Å². The fraction of sp³-hybridized carbons (Fsp3) is 0.583. The molecule has 106 valence electrons. The van der Waals surface area contributed by atoms with Gasteiger partial charge in [0.1, 0.15) is 0 Å². The van der Waals surface area contributed by atoms with Crippen molar-refractivity contribution in [2.24, 2.45) is 13.0 Å². The van der Waals surface area contributed by atoms with Gasteiger partial charge in [0.15, 0.2) is 5.69 Å². The van der Waals surface area contributed by atoms with Crippen LogP contribution >= 0.6 is 0 Å². The molecule has 1 rings (SSSR count). The number of nitro groups is 1. The van der Waals surface area contributed by atoms with Gasteiger partial charge in [-0.05, 0) is 29.7 Å². The average Bonchev–Trinajstić information content (AvgIpc) is 2.76. The lowest BCUT2D eigenvalue weighted by Crippen LogP contribution is -2.26. The fourth-order valence-electron chi connectivity index (χ4n) is 1.75. The van der Waals surface area contributed by atoms with E-state index < -0.39 is 4.92 Å². The standard InChI is InChI=1S/C12H19N3O4/c1-9(8-16)4-3-7-13-12(17)10-5-6-11(14(10)2)15(18)19/h5-6,9,16H,3-4,7-8H2,1-2H3,(H,13,17). The summed E-state index contributed by atoms with van der Waals surface area (Å²) in [5.74, 6) is -0.223. The summed E-state index contributed by atoms with van der Waals surface area (Å²) < 4.78 is 1.26. The Kier molecular flexibility index (Phi) is 5.50. The predicted molar refractivity (Wildman–Crippen MR) is 69.9 cm³/mol. The molecule has 19 heavy (non-hydrogen) atoms. The Labute approximate surface area is 111 Å². The van der Waals surface area contributed by atoms with E-state index in [-0.39, 0.29) is 29.9 Å². The molecule has 1 unspecified atom stereocenters. The first-order valence-corrected chi connectivity index (χ1v) is 6.16. The lowest BCUT2D eigenvalue weighted by molar-refractivity contribution is -0.391. The Bertz CT molecular complexity index is 456. The van der Waals surface area contributed by atoms with Gasteiger partial charge in [0.05, 0.1) is 7.05 Å². The van der Waals surface area contributed by atoms with E-state index in [0.29, 0.717) is 6.54 Å². The Morgan fingerprint density at radius 1 is 1.58 bits per heavy atom. The maximum absolute atomic E-state index is 11.8. The summed E-state index contributed by atoms with van der Waals surface area (Å²) in [6.45, 7) is 2.56. The van der Waals surface area contributed by atoms with Gasteiger partial charge < -0.3 is 20.5 Å². The number of carbonyl (C=O) groups is 1. The second-order valence-corrected chi connectivity index (χ2v) is 4.58. The molecule has 0 aromatic carbocycles. The molecule has 0 bridgehead atoms. The molecule has 0 saturated carbocycles. The summed E-state index contributed by atoms with van der Waals surface area (Å²) in [6, 6.07) is 2.74. The van der Waals surface area contributed by atoms with Crippen molar-refractivity contribution in [2.75, 3.05) is 13.2 Å². The molecule has 1 heterocycles. The number of amides is 1. The van der Waals surface area contributed by atoms with Crippen molar-refractivity contribution in [3.05, 3.63) is 27.9 Å². The Hall–Kier alpha value is -1.89. The van der Waals surface area contributed by atoms with Crippen LogP contribution in [0.15, 0.2) is 12.1 Å². The van der Waals surface area contributed by atoms with E-state index in [4.69, 9.17) is 5.11 Å². The van der Waals surface area contributed by atoms with Crippen LogP contribution in [0.1, 0.15) is 30.3 Å². The summed E-state index contributed by atoms with van der Waals surface area (Å²) >= 11 is 0. The minimum atomic E-state index is -0.528. The molecule has 0 aliphatic carbocycles. The quantitative estimate of drug-likeness (QED) is 0.439. The molecule has 0 aliphatic rings. The highest BCUT2D eigenvalue weighted by molar-refractivity contribution is 5.93. The molecule has 1 amide bonds. The third-order valence-corrected chi connectivity index (χ3v) is 2.99. The van der Waals surface area contributed by atoms with Crippen LogP contribution in [0, 0.1) is 16.0 Å². The highest BCUT2D eigenvalue weighted by atomic mass is 16.6. The van der Waals surface area contributed by atoms with Crippen LogP contribution in [-0.2, 0) is 7.05 Å². The van der Waals surface area contributed by atoms with Crippen LogP contribution in [-0.4, -0.2) is 33.7 Å². The van der Waals surface area contributed by atoms with E-state index >= 15 is 0 Å². The minimum Gasteiger partial charge on any atom is -0.396 e. The number of nitrogens with one attached hydrogen (secondary N) is 1. The highest BCUT2D eigenvalue weighted by Gasteiger charge is 2.19. The second-order valence-electron chi connectivity index (χ2n) is 4.58. The van der Waals surface area contributed by atoms with Gasteiger partial charge in [-0.15, -0.1) is 0 Å². The van der Waals surface area contributed by atoms with Crippen LogP contribution in [0.4, 0.5) is 5.82 Å². The van der Waals surface area contributed by atoms with Crippen LogP contribution in [0.3, 0.4) is 0 Å². The topological polar surface area (TPSA) is 97.4 Å². The molecular weight excluding hydrogens is 250 g/mol. The minimum absolute atomic E-state index is 0.112. The van der Waals surface area contributed by atoms with Crippen LogP contribution in [0.25, 0.3) is 0 Å². The summed E-state index contributed by atoms with van der Waals surface area (Å²) in [5, 5.41) is 22.2. The average molecular weight is 269 g/mol. The zero-order valence-corrected chi connectivity index (χ0v) is 11.1. The van der Waals surface area contributed by atoms with Crippen molar-refractivity contribution in [1.29, 1.82) is 0 Å². The number of nitrogens with zero attached hydrogens (tertiary/aromatic N) is 2. The number of aliphatic hydroxyl groups excluding tert-OH is 1. The largest absolute Gasteiger partial charge is 0.396 e. The van der Waals surface area contributed by atoms with Gasteiger partial charge in [-0.1, -0.05) is 6.92 Å². The number of carbonyl (C=O) groups excluding carboxylic acids is 1. The van der Waals surface area contributed by atoms with Gasteiger partial charge >= 0.3 is 5.82 Å². The lowest BCUT2D eigenvalue weighted by atomic mass is 10.1. The molecule has 1 atom stereocenters. The number of aliphatic hydroxyl groups is 1. The van der Waals surface area contributed by atoms with Crippen molar-refractivity contribution in [1.82, 2.24) is 9.88 Å². The van der Waals surface area contributed by atoms with Gasteiger partial charge in [0.2, 0.25) is 0 Å². The zero-order valence-electron chi connectivity index (χ0n) is 11.1. The zero-order chi connectivity index (χ0) is 14.4. The molecule has 1 aromatic rings. The fourth-order valence-corrected chi connectivity index (χ4v) is 1.75. The first-order chi connectivity index (χ1) is 8.97. The van der Waals surface area contributed by atoms with Gasteiger partial charge in [0.25, 0.3) is 5.91 Å². The van der Waals surface area contributed by atoms with Crippen molar-refractivity contribution in [3.63, 3.8) is 0 Å². The highest BCUT2D eigenvalue weighted by Crippen LogP contribution is 2.14. The van der Waals surface area contributed by atoms with Gasteiger partial charge in [-0.25, -0.2) is 4.57 Å². The summed E-state index contributed by atoms with van der Waals surface area (Å²) in [6.07, 6.45) is 1.59. The molecule has 0 fully saturated rings. The summed E-state index contributed by atoms with van der Waals surface area (Å²) in [5.41, 5.74) is 0.266. The first kappa shape index (κ1) is 15.2. The molecule has 0 saturated heterocycles. The van der Waals surface area contributed by atoms with E-state index in [0.717, 1.165) is 12.8 Å². The molecule has 2 N–H and O–H groups in total. The third-order valence-electron chi connectivity index (χ3n) is 2.99. The smallest absolute Gasteiger partial charge is 0.323 e. The predicted octanol–water partition coefficient (Wildman–Crippen LogP) is 1.07. The molecule has 7 heteroatoms. The Morgan fingerprint density at radius 3 is 2.79 bits per heavy atom. The monoisotopic (exact) mass is 269 g/mol. The van der Waals surface area contributed by atoms with Crippen LogP contribution < -0.4 is 5.32 Å². The second kappa shape index (κ2) is 6.89. The van der Waals surface area contributed by atoms with E-state index in [1.54, 1.807) is 0 Å². The SMILES string of the molecule is CC(CO)CCCNC(=O)c1ccc([N+](=O)[O-])n1C. The van der Waals surface area contributed by atoms with E-state index in [9.17, 15) is 14.9 Å². The number of rotatable bonds is 7. The van der Waals surface area contributed by atoms with Crippen molar-refractivity contribution < 1.29 is 14.8 Å². The van der Waals surface area contributed by atoms with Crippen LogP contribution in [0.2, 0.25) is 0 Å². The maximum Gasteiger partial charge on any atom is 0.323 e. The maximum atomic E-state index is 11.8. The van der Waals surface area contributed by atoms with Crippen molar-refractivity contribution in [3.8, 4) is 0 Å². The Balaban J connectivity index is 2.48. The molecule has 7 nitrogen and oxygen atoms in total. The molecule has 0 aliphatic heterocycles. The summed E-state index contributed by atoms with van der Waals surface area (Å²) in [7, 11) is 1.49. The number of hydrogen-bond acceptors (Lipinski definition) is 4. The van der Waals surface area contributed by atoms with E-state index in [2.05, 4.69) is 5.32 Å². The molecule has 0 spiro atoms. The molecule has 0 radical (unpaired) electrons. The van der Waals surface area contributed by atoms with Gasteiger partial charge in [0, 0.05) is 19.2 Å². The lowest BCUT2D eigenvalue weighted by Gasteiger charge is -2.08. The third kappa shape index (κ3) is 4.06. The Morgan fingerprint density at radius 2 is 2.26 bits per heavy atom. The van der Waals surface area contributed by atoms with Gasteiger partial charge in [-0.3, -0.25) is 4.79 Å². The summed E-state index contributed by atoms with van der Waals surface area (Å²) in [4.78, 5) is 21.9. The van der Waals surface area contributed by atoms with Gasteiger partial charge in [-0.2, -0.15) is 0 Å². The van der Waals surface area contributed by atoms with Crippen molar-refractivity contribution >= 4 is 11.7 Å². The van der Waals surface area contributed by atoms with Crippen molar-refractivity contribution in [2.45, 2.75) is 19.8 Å². The van der Waals surface area contributed by atoms with Crippen LogP contribution in [0.5, 0.6) is 0 Å². The number of aromatic nitrogens is 1. The van der Waals surface area contributed by atoms with E-state index in [1.807, 2.05) is 6.92 Å².